The van der Waals surface area contributed by atoms with Crippen molar-refractivity contribution >= 4 is 11.8 Å². The van der Waals surface area contributed by atoms with E-state index in [2.05, 4.69) is 5.32 Å². The molecule has 1 heterocycles. The third-order valence-corrected chi connectivity index (χ3v) is 3.08. The molecule has 1 rings (SSSR count). The van der Waals surface area contributed by atoms with Crippen molar-refractivity contribution in [2.75, 3.05) is 13.1 Å². The van der Waals surface area contributed by atoms with E-state index in [-0.39, 0.29) is 13.0 Å². The maximum absolute atomic E-state index is 12.4. The summed E-state index contributed by atoms with van der Waals surface area (Å²) in [6.45, 7) is 4.38. The summed E-state index contributed by atoms with van der Waals surface area (Å²) in [6.07, 6.45) is -3.45. The number of hydrogen-bond acceptors (Lipinski definition) is 2. The lowest BCUT2D eigenvalue weighted by Crippen LogP contribution is -2.50. The molecule has 1 unspecified atom stereocenters. The van der Waals surface area contributed by atoms with Gasteiger partial charge < -0.3 is 10.2 Å². The van der Waals surface area contributed by atoms with Gasteiger partial charge in [-0.25, -0.2) is 0 Å². The molecule has 0 aromatic heterocycles. The minimum atomic E-state index is -4.92. The van der Waals surface area contributed by atoms with Crippen LogP contribution in [0.3, 0.4) is 0 Å². The normalized spacial score (nSPS) is 19.9. The van der Waals surface area contributed by atoms with Gasteiger partial charge >= 0.3 is 12.1 Å². The third-order valence-electron chi connectivity index (χ3n) is 3.08. The molecule has 1 N–H and O–H groups in total. The van der Waals surface area contributed by atoms with E-state index in [1.165, 1.54) is 0 Å². The van der Waals surface area contributed by atoms with E-state index in [4.69, 9.17) is 0 Å². The second kappa shape index (κ2) is 6.25. The van der Waals surface area contributed by atoms with Crippen molar-refractivity contribution in [3.8, 4) is 0 Å². The molecule has 1 aliphatic heterocycles. The number of amides is 2. The number of nitrogens with one attached hydrogen (secondary N) is 1. The van der Waals surface area contributed by atoms with Gasteiger partial charge in [0, 0.05) is 13.1 Å². The Morgan fingerprint density at radius 1 is 1.37 bits per heavy atom. The first-order chi connectivity index (χ1) is 8.73. The lowest BCUT2D eigenvalue weighted by Gasteiger charge is -2.24. The van der Waals surface area contributed by atoms with Gasteiger partial charge in [0.05, 0.1) is 0 Å². The lowest BCUT2D eigenvalue weighted by molar-refractivity contribution is -0.186. The van der Waals surface area contributed by atoms with E-state index < -0.39 is 24.0 Å². The molecule has 0 bridgehead atoms. The number of halogens is 3. The van der Waals surface area contributed by atoms with E-state index in [0.717, 1.165) is 6.42 Å². The van der Waals surface area contributed by atoms with Crippen LogP contribution in [-0.2, 0) is 9.59 Å². The molecule has 0 aromatic rings. The standard InChI is InChI=1S/C12H19F3N2O2/c1-8(2)5-6-16-10(18)9-4-3-7-17(9)11(19)12(13,14)15/h8-9H,3-7H2,1-2H3,(H,16,18). The van der Waals surface area contributed by atoms with Gasteiger partial charge in [0.1, 0.15) is 6.04 Å². The maximum Gasteiger partial charge on any atom is 0.471 e. The molecule has 4 nitrogen and oxygen atoms in total. The van der Waals surface area contributed by atoms with E-state index in [0.29, 0.717) is 23.8 Å². The van der Waals surface area contributed by atoms with Gasteiger partial charge in [0.2, 0.25) is 5.91 Å². The van der Waals surface area contributed by atoms with Crippen LogP contribution in [0.4, 0.5) is 13.2 Å². The molecular weight excluding hydrogens is 261 g/mol. The van der Waals surface area contributed by atoms with Gasteiger partial charge in [-0.1, -0.05) is 13.8 Å². The Morgan fingerprint density at radius 3 is 2.53 bits per heavy atom. The summed E-state index contributed by atoms with van der Waals surface area (Å²) in [4.78, 5) is 23.6. The fourth-order valence-corrected chi connectivity index (χ4v) is 2.05. The fraction of sp³-hybridized carbons (Fsp3) is 0.833. The van der Waals surface area contributed by atoms with Gasteiger partial charge in [0.15, 0.2) is 0 Å². The predicted molar refractivity (Wildman–Crippen MR) is 63.3 cm³/mol. The Hall–Kier alpha value is -1.27. The number of carbonyl (C=O) groups is 2. The van der Waals surface area contributed by atoms with Crippen molar-refractivity contribution < 1.29 is 22.8 Å². The second-order valence-corrected chi connectivity index (χ2v) is 5.13. The van der Waals surface area contributed by atoms with Crippen molar-refractivity contribution in [3.63, 3.8) is 0 Å². The average molecular weight is 280 g/mol. The zero-order chi connectivity index (χ0) is 14.6. The van der Waals surface area contributed by atoms with Crippen LogP contribution < -0.4 is 5.32 Å². The molecule has 0 radical (unpaired) electrons. The number of likely N-dealkylation sites (tertiary alicyclic amines) is 1. The zero-order valence-electron chi connectivity index (χ0n) is 11.1. The van der Waals surface area contributed by atoms with Crippen LogP contribution in [0.5, 0.6) is 0 Å². The molecule has 2 amide bonds. The summed E-state index contributed by atoms with van der Waals surface area (Å²) in [5.41, 5.74) is 0. The molecule has 7 heteroatoms. The Balaban J connectivity index is 2.56. The van der Waals surface area contributed by atoms with Crippen molar-refractivity contribution in [2.45, 2.75) is 45.3 Å². The molecule has 1 saturated heterocycles. The smallest absolute Gasteiger partial charge is 0.354 e. The summed E-state index contributed by atoms with van der Waals surface area (Å²) >= 11 is 0. The van der Waals surface area contributed by atoms with Crippen LogP contribution in [0.2, 0.25) is 0 Å². The lowest BCUT2D eigenvalue weighted by atomic mass is 10.1. The van der Waals surface area contributed by atoms with Crippen LogP contribution in [0.15, 0.2) is 0 Å². The maximum atomic E-state index is 12.4. The highest BCUT2D eigenvalue weighted by molar-refractivity contribution is 5.90. The summed E-state index contributed by atoms with van der Waals surface area (Å²) in [7, 11) is 0. The number of hydrogen-bond donors (Lipinski definition) is 1. The van der Waals surface area contributed by atoms with Crippen LogP contribution in [0, 0.1) is 5.92 Å². The van der Waals surface area contributed by atoms with Gasteiger partial charge in [-0.05, 0) is 25.2 Å². The molecule has 19 heavy (non-hydrogen) atoms. The van der Waals surface area contributed by atoms with E-state index in [9.17, 15) is 22.8 Å². The molecule has 1 aliphatic rings. The highest BCUT2D eigenvalue weighted by Crippen LogP contribution is 2.25. The zero-order valence-corrected chi connectivity index (χ0v) is 11.1. The van der Waals surface area contributed by atoms with Crippen molar-refractivity contribution in [1.29, 1.82) is 0 Å². The summed E-state index contributed by atoms with van der Waals surface area (Å²) in [6, 6.07) is -0.985. The monoisotopic (exact) mass is 280 g/mol. The Labute approximate surface area is 110 Å². The molecule has 1 atom stereocenters. The first-order valence-electron chi connectivity index (χ1n) is 6.39. The molecule has 0 saturated carbocycles. The third kappa shape index (κ3) is 4.40. The van der Waals surface area contributed by atoms with Gasteiger partial charge in [-0.2, -0.15) is 13.2 Å². The first-order valence-corrected chi connectivity index (χ1v) is 6.39. The number of nitrogens with zero attached hydrogens (tertiary/aromatic N) is 1. The first kappa shape index (κ1) is 15.8. The average Bonchev–Trinajstić information content (AvgIpc) is 2.74. The van der Waals surface area contributed by atoms with Crippen molar-refractivity contribution in [2.24, 2.45) is 5.92 Å². The summed E-state index contributed by atoms with van der Waals surface area (Å²) < 4.78 is 37.1. The highest BCUT2D eigenvalue weighted by atomic mass is 19.4. The number of rotatable bonds is 4. The number of carbonyl (C=O) groups excluding carboxylic acids is 2. The molecule has 110 valence electrons. The summed E-state index contributed by atoms with van der Waals surface area (Å²) in [5, 5.41) is 2.59. The minimum Gasteiger partial charge on any atom is -0.354 e. The van der Waals surface area contributed by atoms with E-state index >= 15 is 0 Å². The molecule has 0 spiro atoms. The summed E-state index contributed by atoms with van der Waals surface area (Å²) in [5.74, 6) is -2.01. The minimum absolute atomic E-state index is 0.0133. The molecular formula is C12H19F3N2O2. The van der Waals surface area contributed by atoms with E-state index in [1.54, 1.807) is 0 Å². The topological polar surface area (TPSA) is 49.4 Å². The molecule has 1 fully saturated rings. The Bertz CT molecular complexity index is 342. The highest BCUT2D eigenvalue weighted by Gasteiger charge is 2.47. The SMILES string of the molecule is CC(C)CCNC(=O)C1CCCN1C(=O)C(F)(F)F. The van der Waals surface area contributed by atoms with Crippen molar-refractivity contribution in [3.05, 3.63) is 0 Å². The van der Waals surface area contributed by atoms with Gasteiger partial charge in [0.25, 0.3) is 0 Å². The Kier molecular flexibility index (Phi) is 5.20. The van der Waals surface area contributed by atoms with Crippen LogP contribution >= 0.6 is 0 Å². The second-order valence-electron chi connectivity index (χ2n) is 5.13. The molecule has 0 aromatic carbocycles. The van der Waals surface area contributed by atoms with Crippen LogP contribution in [-0.4, -0.2) is 42.0 Å². The predicted octanol–water partition coefficient (Wildman–Crippen LogP) is 1.70. The number of alkyl halides is 3. The van der Waals surface area contributed by atoms with Gasteiger partial charge in [-0.15, -0.1) is 0 Å². The van der Waals surface area contributed by atoms with E-state index in [1.807, 2.05) is 13.8 Å². The van der Waals surface area contributed by atoms with Crippen molar-refractivity contribution in [1.82, 2.24) is 10.2 Å². The van der Waals surface area contributed by atoms with Crippen LogP contribution in [0.1, 0.15) is 33.1 Å². The largest absolute Gasteiger partial charge is 0.471 e. The van der Waals surface area contributed by atoms with Gasteiger partial charge in [-0.3, -0.25) is 9.59 Å². The Morgan fingerprint density at radius 2 is 2.00 bits per heavy atom. The quantitative estimate of drug-likeness (QED) is 0.852. The van der Waals surface area contributed by atoms with Crippen LogP contribution in [0.25, 0.3) is 0 Å². The molecule has 0 aliphatic carbocycles. The fourth-order valence-electron chi connectivity index (χ4n) is 2.05.